The van der Waals surface area contributed by atoms with E-state index in [1.165, 1.54) is 0 Å². The lowest BCUT2D eigenvalue weighted by molar-refractivity contribution is -0.146. The Morgan fingerprint density at radius 3 is 2.33 bits per heavy atom. The number of carbonyl (C=O) groups excluding carboxylic acids is 1. The second-order valence-corrected chi connectivity index (χ2v) is 5.09. The number of carboxylic acids is 1. The molecule has 4 atom stereocenters. The molecule has 0 radical (unpaired) electrons. The summed E-state index contributed by atoms with van der Waals surface area (Å²) in [7, 11) is 0. The van der Waals surface area contributed by atoms with Gasteiger partial charge in [0.1, 0.15) is 0 Å². The predicted molar refractivity (Wildman–Crippen MR) is 66.9 cm³/mol. The van der Waals surface area contributed by atoms with Gasteiger partial charge in [-0.15, -0.1) is 0 Å². The minimum atomic E-state index is -0.886. The summed E-state index contributed by atoms with van der Waals surface area (Å²) >= 11 is 0. The minimum Gasteiger partial charge on any atom is -0.481 e. The Labute approximate surface area is 108 Å². The minimum absolute atomic E-state index is 0.107. The first-order valence-electron chi connectivity index (χ1n) is 6.67. The number of nitrogens with one attached hydrogen (secondary N) is 1. The van der Waals surface area contributed by atoms with Crippen LogP contribution in [-0.4, -0.2) is 34.7 Å². The first-order valence-corrected chi connectivity index (χ1v) is 6.67. The molecule has 0 aromatic heterocycles. The molecule has 0 spiro atoms. The van der Waals surface area contributed by atoms with Gasteiger partial charge in [0, 0.05) is 0 Å². The van der Waals surface area contributed by atoms with Gasteiger partial charge in [0.15, 0.2) is 0 Å². The fraction of sp³-hybridized carbons (Fsp3) is 0.846. The first-order chi connectivity index (χ1) is 8.53. The van der Waals surface area contributed by atoms with Gasteiger partial charge in [-0.1, -0.05) is 20.3 Å². The molecule has 0 bridgehead atoms. The summed E-state index contributed by atoms with van der Waals surface area (Å²) in [5, 5.41) is 21.0. The fourth-order valence-electron chi connectivity index (χ4n) is 2.62. The van der Waals surface area contributed by atoms with Gasteiger partial charge in [-0.2, -0.15) is 0 Å². The molecule has 0 aliphatic heterocycles. The second-order valence-electron chi connectivity index (χ2n) is 5.09. The van der Waals surface area contributed by atoms with Crippen LogP contribution >= 0.6 is 0 Å². The van der Waals surface area contributed by atoms with Crippen molar-refractivity contribution in [2.45, 2.75) is 45.6 Å². The zero-order valence-corrected chi connectivity index (χ0v) is 11.1. The number of aliphatic hydroxyl groups is 1. The first kappa shape index (κ1) is 15.0. The van der Waals surface area contributed by atoms with Crippen molar-refractivity contribution >= 4 is 11.9 Å². The number of aliphatic hydroxyl groups excluding tert-OH is 1. The van der Waals surface area contributed by atoms with Crippen LogP contribution in [0.5, 0.6) is 0 Å². The lowest BCUT2D eigenvalue weighted by atomic mass is 9.95. The number of hydrogen-bond acceptors (Lipinski definition) is 3. The third-order valence-electron chi connectivity index (χ3n) is 3.95. The van der Waals surface area contributed by atoms with Crippen LogP contribution in [0, 0.1) is 17.8 Å². The van der Waals surface area contributed by atoms with E-state index >= 15 is 0 Å². The van der Waals surface area contributed by atoms with Crippen molar-refractivity contribution < 1.29 is 19.8 Å². The number of hydrogen-bond donors (Lipinski definition) is 3. The molecule has 0 saturated heterocycles. The highest BCUT2D eigenvalue weighted by atomic mass is 16.4. The number of rotatable bonds is 6. The zero-order chi connectivity index (χ0) is 13.7. The van der Waals surface area contributed by atoms with Gasteiger partial charge in [0.25, 0.3) is 0 Å². The van der Waals surface area contributed by atoms with E-state index in [0.29, 0.717) is 25.2 Å². The van der Waals surface area contributed by atoms with Crippen molar-refractivity contribution in [3.05, 3.63) is 0 Å². The van der Waals surface area contributed by atoms with Gasteiger partial charge < -0.3 is 15.5 Å². The van der Waals surface area contributed by atoms with Gasteiger partial charge >= 0.3 is 5.97 Å². The molecule has 18 heavy (non-hydrogen) atoms. The lowest BCUT2D eigenvalue weighted by Gasteiger charge is -2.20. The summed E-state index contributed by atoms with van der Waals surface area (Å²) in [6.45, 7) is 3.79. The van der Waals surface area contributed by atoms with Gasteiger partial charge in [-0.3, -0.25) is 9.59 Å². The Morgan fingerprint density at radius 1 is 1.28 bits per heavy atom. The predicted octanol–water partition coefficient (Wildman–Crippen LogP) is 1.01. The molecule has 0 aromatic carbocycles. The molecular weight excluding hydrogens is 234 g/mol. The maximum Gasteiger partial charge on any atom is 0.307 e. The van der Waals surface area contributed by atoms with Crippen molar-refractivity contribution in [2.75, 3.05) is 6.61 Å². The number of aliphatic carboxylic acids is 1. The van der Waals surface area contributed by atoms with Crippen LogP contribution in [0.2, 0.25) is 0 Å². The molecule has 0 aromatic rings. The van der Waals surface area contributed by atoms with Crippen LogP contribution < -0.4 is 5.32 Å². The molecule has 1 saturated carbocycles. The number of carboxylic acid groups (broad SMARTS) is 1. The average Bonchev–Trinajstić information content (AvgIpc) is 2.80. The normalized spacial score (nSPS) is 28.9. The number of amides is 1. The molecule has 1 aliphatic carbocycles. The molecular formula is C13H23NO4. The van der Waals surface area contributed by atoms with Gasteiger partial charge in [0.05, 0.1) is 24.5 Å². The topological polar surface area (TPSA) is 86.6 Å². The van der Waals surface area contributed by atoms with Gasteiger partial charge in [0.2, 0.25) is 5.91 Å². The summed E-state index contributed by atoms with van der Waals surface area (Å²) in [4.78, 5) is 23.2. The van der Waals surface area contributed by atoms with Crippen molar-refractivity contribution in [1.29, 1.82) is 0 Å². The van der Waals surface area contributed by atoms with E-state index in [-0.39, 0.29) is 18.6 Å². The third-order valence-corrected chi connectivity index (χ3v) is 3.95. The van der Waals surface area contributed by atoms with Crippen LogP contribution in [0.1, 0.15) is 39.5 Å². The van der Waals surface area contributed by atoms with E-state index in [9.17, 15) is 9.59 Å². The molecule has 1 rings (SSSR count). The Bertz CT molecular complexity index is 301. The Kier molecular flexibility index (Phi) is 5.59. The largest absolute Gasteiger partial charge is 0.481 e. The van der Waals surface area contributed by atoms with E-state index in [0.717, 1.165) is 6.42 Å². The molecule has 104 valence electrons. The van der Waals surface area contributed by atoms with Crippen LogP contribution in [0.25, 0.3) is 0 Å². The Hall–Kier alpha value is -1.10. The molecule has 3 N–H and O–H groups in total. The molecule has 1 aliphatic rings. The molecule has 5 nitrogen and oxygen atoms in total. The summed E-state index contributed by atoms with van der Waals surface area (Å²) in [6, 6.07) is -0.271. The van der Waals surface area contributed by atoms with E-state index in [1.54, 1.807) is 0 Å². The quantitative estimate of drug-likeness (QED) is 0.663. The standard InChI is InChI=1S/C13H23NO4/c1-3-8-5-10(11(6-8)13(17)18)12(16)14-9(4-2)7-15/h8-11,15H,3-7H2,1-2H3,(H,14,16)(H,17,18)/t8?,9-,10?,11?/m0/s1. The van der Waals surface area contributed by atoms with E-state index in [1.807, 2.05) is 13.8 Å². The molecule has 1 fully saturated rings. The van der Waals surface area contributed by atoms with Crippen molar-refractivity contribution in [2.24, 2.45) is 17.8 Å². The highest BCUT2D eigenvalue weighted by molar-refractivity contribution is 5.85. The van der Waals surface area contributed by atoms with E-state index in [4.69, 9.17) is 10.2 Å². The fourth-order valence-corrected chi connectivity index (χ4v) is 2.62. The highest BCUT2D eigenvalue weighted by Gasteiger charge is 2.42. The monoisotopic (exact) mass is 257 g/mol. The van der Waals surface area contributed by atoms with Crippen molar-refractivity contribution in [3.63, 3.8) is 0 Å². The SMILES string of the molecule is CCC1CC(C(=O)O)C(C(=O)N[C@@H](CC)CO)C1. The van der Waals surface area contributed by atoms with Crippen LogP contribution in [0.15, 0.2) is 0 Å². The van der Waals surface area contributed by atoms with Crippen LogP contribution in [0.4, 0.5) is 0 Å². The third kappa shape index (κ3) is 3.45. The molecule has 1 amide bonds. The maximum absolute atomic E-state index is 12.1. The molecule has 3 unspecified atom stereocenters. The summed E-state index contributed by atoms with van der Waals surface area (Å²) in [6.07, 6.45) is 2.77. The molecule has 5 heteroatoms. The zero-order valence-electron chi connectivity index (χ0n) is 11.1. The average molecular weight is 257 g/mol. The smallest absolute Gasteiger partial charge is 0.307 e. The highest BCUT2D eigenvalue weighted by Crippen LogP contribution is 2.38. The summed E-state index contributed by atoms with van der Waals surface area (Å²) < 4.78 is 0. The lowest BCUT2D eigenvalue weighted by Crippen LogP contribution is -2.42. The van der Waals surface area contributed by atoms with E-state index in [2.05, 4.69) is 5.32 Å². The number of carbonyl (C=O) groups is 2. The van der Waals surface area contributed by atoms with Crippen molar-refractivity contribution in [3.8, 4) is 0 Å². The summed E-state index contributed by atoms with van der Waals surface area (Å²) in [5.74, 6) is -1.82. The van der Waals surface area contributed by atoms with E-state index < -0.39 is 17.8 Å². The van der Waals surface area contributed by atoms with Crippen LogP contribution in [-0.2, 0) is 9.59 Å². The molecule has 0 heterocycles. The summed E-state index contributed by atoms with van der Waals surface area (Å²) in [5.41, 5.74) is 0. The van der Waals surface area contributed by atoms with Crippen LogP contribution in [0.3, 0.4) is 0 Å². The van der Waals surface area contributed by atoms with Crippen molar-refractivity contribution in [1.82, 2.24) is 5.32 Å². The maximum atomic E-state index is 12.1. The van der Waals surface area contributed by atoms with Gasteiger partial charge in [-0.05, 0) is 25.2 Å². The Balaban J connectivity index is 2.67. The van der Waals surface area contributed by atoms with Gasteiger partial charge in [-0.25, -0.2) is 0 Å². The Morgan fingerprint density at radius 2 is 1.89 bits per heavy atom. The second kappa shape index (κ2) is 6.73.